The second-order valence-electron chi connectivity index (χ2n) is 17.6. The van der Waals surface area contributed by atoms with Gasteiger partial charge in [0.05, 0.1) is 11.0 Å². The van der Waals surface area contributed by atoms with E-state index < -0.39 is 0 Å². The summed E-state index contributed by atoms with van der Waals surface area (Å²) in [6, 6.07) is 73.3. The van der Waals surface area contributed by atoms with E-state index in [0.29, 0.717) is 17.5 Å². The standard InChI is InChI=1S/C60H40N4O/c1-60(2)51-26-9-6-21-45(51)46-31-29-39(35-52(46)60)38-17-12-18-40(33-38)44-24-14-25-50-47-22-7-10-27-53(47)64(56(44)50)43-20-13-19-41(34-43)58-61-57(37-15-4-3-5-16-37)62-59(63-58)42-30-32-49-48-23-8-11-28-54(48)65-55(49)36-42/h3-36H,1-2H3. The van der Waals surface area contributed by atoms with E-state index in [1.165, 1.54) is 44.2 Å². The zero-order chi connectivity index (χ0) is 43.2. The Labute approximate surface area is 376 Å². The quantitative estimate of drug-likeness (QED) is 0.167. The largest absolute Gasteiger partial charge is 0.456 e. The number of aromatic nitrogens is 4. The van der Waals surface area contributed by atoms with Crippen LogP contribution in [0.5, 0.6) is 0 Å². The molecule has 3 heterocycles. The second-order valence-corrected chi connectivity index (χ2v) is 17.6. The Balaban J connectivity index is 0.953. The van der Waals surface area contributed by atoms with Gasteiger partial charge in [-0.2, -0.15) is 0 Å². The van der Waals surface area contributed by atoms with Crippen molar-refractivity contribution < 1.29 is 4.42 Å². The molecule has 0 saturated carbocycles. The van der Waals surface area contributed by atoms with Gasteiger partial charge in [0.15, 0.2) is 17.5 Å². The molecule has 0 saturated heterocycles. The summed E-state index contributed by atoms with van der Waals surface area (Å²) in [5.74, 6) is 1.78. The second kappa shape index (κ2) is 14.3. The van der Waals surface area contributed by atoms with Gasteiger partial charge in [-0.05, 0) is 87.5 Å². The van der Waals surface area contributed by atoms with Crippen molar-refractivity contribution in [1.29, 1.82) is 0 Å². The van der Waals surface area contributed by atoms with Crippen molar-refractivity contribution in [3.8, 4) is 73.2 Å². The van der Waals surface area contributed by atoms with Gasteiger partial charge in [0.2, 0.25) is 0 Å². The number of nitrogens with zero attached hydrogens (tertiary/aromatic N) is 4. The molecule has 5 nitrogen and oxygen atoms in total. The first-order valence-corrected chi connectivity index (χ1v) is 22.2. The van der Waals surface area contributed by atoms with E-state index in [1.54, 1.807) is 0 Å². The van der Waals surface area contributed by atoms with E-state index in [0.717, 1.165) is 66.5 Å². The molecular formula is C60H40N4O. The average Bonchev–Trinajstić information content (AvgIpc) is 3.99. The van der Waals surface area contributed by atoms with Crippen molar-refractivity contribution in [1.82, 2.24) is 19.5 Å². The highest BCUT2D eigenvalue weighted by atomic mass is 16.3. The third kappa shape index (κ3) is 5.89. The van der Waals surface area contributed by atoms with E-state index >= 15 is 0 Å². The molecule has 0 fully saturated rings. The van der Waals surface area contributed by atoms with Crippen LogP contribution in [-0.2, 0) is 5.41 Å². The number of para-hydroxylation sites is 3. The van der Waals surface area contributed by atoms with Crippen LogP contribution in [0.25, 0.3) is 117 Å². The predicted molar refractivity (Wildman–Crippen MR) is 266 cm³/mol. The average molecular weight is 833 g/mol. The van der Waals surface area contributed by atoms with Gasteiger partial charge in [-0.1, -0.05) is 172 Å². The van der Waals surface area contributed by atoms with Crippen LogP contribution in [0.2, 0.25) is 0 Å². The van der Waals surface area contributed by atoms with Crippen molar-refractivity contribution in [2.24, 2.45) is 0 Å². The number of furan rings is 1. The van der Waals surface area contributed by atoms with Crippen molar-refractivity contribution in [3.05, 3.63) is 217 Å². The monoisotopic (exact) mass is 832 g/mol. The Morgan fingerprint density at radius 1 is 0.369 bits per heavy atom. The molecule has 0 radical (unpaired) electrons. The third-order valence-corrected chi connectivity index (χ3v) is 13.5. The molecule has 0 unspecified atom stereocenters. The fourth-order valence-corrected chi connectivity index (χ4v) is 10.3. The zero-order valence-electron chi connectivity index (χ0n) is 35.8. The minimum Gasteiger partial charge on any atom is -0.456 e. The molecule has 0 aliphatic heterocycles. The highest BCUT2D eigenvalue weighted by Crippen LogP contribution is 2.50. The van der Waals surface area contributed by atoms with E-state index in [1.807, 2.05) is 54.6 Å². The highest BCUT2D eigenvalue weighted by molar-refractivity contribution is 6.14. The van der Waals surface area contributed by atoms with Gasteiger partial charge in [-0.3, -0.25) is 0 Å². The lowest BCUT2D eigenvalue weighted by molar-refractivity contribution is 0.660. The number of benzene rings is 9. The maximum absolute atomic E-state index is 6.30. The summed E-state index contributed by atoms with van der Waals surface area (Å²) < 4.78 is 8.71. The summed E-state index contributed by atoms with van der Waals surface area (Å²) in [6.45, 7) is 4.69. The van der Waals surface area contributed by atoms with Gasteiger partial charge in [-0.25, -0.2) is 15.0 Å². The molecular weight excluding hydrogens is 793 g/mol. The molecule has 1 aliphatic rings. The van der Waals surface area contributed by atoms with Crippen LogP contribution in [0.15, 0.2) is 211 Å². The number of hydrogen-bond acceptors (Lipinski definition) is 4. The Morgan fingerprint density at radius 2 is 0.954 bits per heavy atom. The molecule has 1 aliphatic carbocycles. The SMILES string of the molecule is CC1(C)c2ccccc2-c2ccc(-c3cccc(-c4cccc5c6ccccc6n(-c6cccc(-c7nc(-c8ccccc8)nc(-c8ccc9c(c8)oc8ccccc89)n7)c6)c45)c3)cc21. The number of rotatable bonds is 6. The summed E-state index contributed by atoms with van der Waals surface area (Å²) in [5.41, 5.74) is 17.7. The first kappa shape index (κ1) is 37.2. The molecule has 0 atom stereocenters. The number of hydrogen-bond donors (Lipinski definition) is 0. The van der Waals surface area contributed by atoms with Crippen LogP contribution in [0.4, 0.5) is 0 Å². The van der Waals surface area contributed by atoms with Gasteiger partial charge in [0.25, 0.3) is 0 Å². The minimum atomic E-state index is -0.0731. The Bertz CT molecular complexity index is 3880. The number of fused-ring (bicyclic) bond motifs is 9. The van der Waals surface area contributed by atoms with Crippen LogP contribution in [0.1, 0.15) is 25.0 Å². The summed E-state index contributed by atoms with van der Waals surface area (Å²) in [5, 5.41) is 4.54. The third-order valence-electron chi connectivity index (χ3n) is 13.5. The molecule has 13 rings (SSSR count). The van der Waals surface area contributed by atoms with E-state index in [9.17, 15) is 0 Å². The Morgan fingerprint density at radius 3 is 1.83 bits per heavy atom. The van der Waals surface area contributed by atoms with Gasteiger partial charge in [-0.15, -0.1) is 0 Å². The van der Waals surface area contributed by atoms with Crippen molar-refractivity contribution in [2.45, 2.75) is 19.3 Å². The summed E-state index contributed by atoms with van der Waals surface area (Å²) >= 11 is 0. The maximum atomic E-state index is 6.30. The minimum absolute atomic E-state index is 0.0731. The van der Waals surface area contributed by atoms with Crippen LogP contribution in [-0.4, -0.2) is 19.5 Å². The first-order valence-electron chi connectivity index (χ1n) is 22.2. The van der Waals surface area contributed by atoms with Crippen LogP contribution in [0.3, 0.4) is 0 Å². The van der Waals surface area contributed by atoms with E-state index in [-0.39, 0.29) is 5.41 Å². The summed E-state index contributed by atoms with van der Waals surface area (Å²) in [4.78, 5) is 15.4. The molecule has 3 aromatic heterocycles. The summed E-state index contributed by atoms with van der Waals surface area (Å²) in [7, 11) is 0. The normalized spacial score (nSPS) is 12.9. The molecule has 65 heavy (non-hydrogen) atoms. The van der Waals surface area contributed by atoms with Gasteiger partial charge >= 0.3 is 0 Å². The Kier molecular flexibility index (Phi) is 8.18. The highest BCUT2D eigenvalue weighted by Gasteiger charge is 2.35. The lowest BCUT2D eigenvalue weighted by Crippen LogP contribution is -2.14. The maximum Gasteiger partial charge on any atom is 0.164 e. The van der Waals surface area contributed by atoms with Crippen LogP contribution in [0, 0.1) is 0 Å². The van der Waals surface area contributed by atoms with Gasteiger partial charge in [0.1, 0.15) is 11.2 Å². The zero-order valence-corrected chi connectivity index (χ0v) is 35.8. The fraction of sp³-hybridized carbons (Fsp3) is 0.0500. The molecule has 0 bridgehead atoms. The topological polar surface area (TPSA) is 56.7 Å². The molecule has 0 amide bonds. The molecule has 0 spiro atoms. The molecule has 12 aromatic rings. The molecule has 0 N–H and O–H groups in total. The smallest absolute Gasteiger partial charge is 0.164 e. The van der Waals surface area contributed by atoms with Crippen molar-refractivity contribution in [2.75, 3.05) is 0 Å². The lowest BCUT2D eigenvalue weighted by atomic mass is 9.81. The molecule has 306 valence electrons. The van der Waals surface area contributed by atoms with E-state index in [4.69, 9.17) is 19.4 Å². The summed E-state index contributed by atoms with van der Waals surface area (Å²) in [6.07, 6.45) is 0. The van der Waals surface area contributed by atoms with Crippen molar-refractivity contribution >= 4 is 43.7 Å². The molecule has 5 heteroatoms. The first-order chi connectivity index (χ1) is 32.0. The predicted octanol–water partition coefficient (Wildman–Crippen LogP) is 15.5. The van der Waals surface area contributed by atoms with E-state index in [2.05, 4.69) is 170 Å². The van der Waals surface area contributed by atoms with Gasteiger partial charge < -0.3 is 8.98 Å². The molecule has 9 aromatic carbocycles. The lowest BCUT2D eigenvalue weighted by Gasteiger charge is -2.22. The fourth-order valence-electron chi connectivity index (χ4n) is 10.3. The van der Waals surface area contributed by atoms with Gasteiger partial charge in [0, 0.05) is 54.9 Å². The van der Waals surface area contributed by atoms with Crippen molar-refractivity contribution in [3.63, 3.8) is 0 Å². The van der Waals surface area contributed by atoms with Crippen LogP contribution >= 0.6 is 0 Å². The van der Waals surface area contributed by atoms with Crippen LogP contribution < -0.4 is 0 Å². The Hall–Kier alpha value is -8.41.